The van der Waals surface area contributed by atoms with Gasteiger partial charge >= 0.3 is 5.97 Å². The van der Waals surface area contributed by atoms with E-state index in [-0.39, 0.29) is 12.1 Å². The summed E-state index contributed by atoms with van der Waals surface area (Å²) < 4.78 is 31.8. The van der Waals surface area contributed by atoms with Gasteiger partial charge in [-0.05, 0) is 18.2 Å². The molecule has 2 rings (SSSR count). The molecule has 0 aliphatic rings. The summed E-state index contributed by atoms with van der Waals surface area (Å²) in [5.74, 6) is -3.15. The summed E-state index contributed by atoms with van der Waals surface area (Å²) in [6, 6.07) is 2.88. The normalized spacial score (nSPS) is 10.8. The van der Waals surface area contributed by atoms with Crippen molar-refractivity contribution in [3.8, 4) is 0 Å². The maximum absolute atomic E-state index is 13.1. The minimum Gasteiger partial charge on any atom is -0.466 e. The molecule has 1 aromatic carbocycles. The smallest absolute Gasteiger partial charge is 0.330 e. The largest absolute Gasteiger partial charge is 0.466 e. The Bertz CT molecular complexity index is 774. The molecular weight excluding hydrogens is 322 g/mol. The van der Waals surface area contributed by atoms with Crippen molar-refractivity contribution in [2.75, 3.05) is 7.11 Å². The Morgan fingerprint density at radius 3 is 2.83 bits per heavy atom. The second kappa shape index (κ2) is 7.95. The Morgan fingerprint density at radius 1 is 1.33 bits per heavy atom. The summed E-state index contributed by atoms with van der Waals surface area (Å²) in [5.41, 5.74) is 0.472. The molecule has 0 saturated carbocycles. The Labute approximate surface area is 135 Å². The number of halogens is 2. The number of benzene rings is 1. The number of carbonyl (C=O) groups excluding carboxylic acids is 2. The van der Waals surface area contributed by atoms with Crippen LogP contribution in [0.3, 0.4) is 0 Å². The molecule has 7 nitrogen and oxygen atoms in total. The highest BCUT2D eigenvalue weighted by Crippen LogP contribution is 2.08. The molecule has 0 spiro atoms. The summed E-state index contributed by atoms with van der Waals surface area (Å²) in [4.78, 5) is 22.8. The van der Waals surface area contributed by atoms with Crippen molar-refractivity contribution in [2.45, 2.75) is 13.1 Å². The average Bonchev–Trinajstić information content (AvgIpc) is 3.02. The third kappa shape index (κ3) is 4.70. The first-order chi connectivity index (χ1) is 11.5. The predicted molar refractivity (Wildman–Crippen MR) is 78.7 cm³/mol. The van der Waals surface area contributed by atoms with Gasteiger partial charge in [0.2, 0.25) is 0 Å². The van der Waals surface area contributed by atoms with Crippen LogP contribution in [-0.2, 0) is 22.6 Å². The van der Waals surface area contributed by atoms with Gasteiger partial charge in [-0.1, -0.05) is 11.3 Å². The van der Waals surface area contributed by atoms with Crippen LogP contribution in [0, 0.1) is 11.6 Å². The Balaban J connectivity index is 1.88. The molecule has 1 amide bonds. The van der Waals surface area contributed by atoms with Crippen molar-refractivity contribution in [1.82, 2.24) is 20.3 Å². The summed E-state index contributed by atoms with van der Waals surface area (Å²) >= 11 is 0. The second-order valence-electron chi connectivity index (χ2n) is 4.67. The number of aromatic nitrogens is 3. The zero-order valence-corrected chi connectivity index (χ0v) is 12.7. The van der Waals surface area contributed by atoms with Crippen molar-refractivity contribution in [3.63, 3.8) is 0 Å². The Hall–Kier alpha value is -3.10. The van der Waals surface area contributed by atoms with E-state index in [0.717, 1.165) is 12.1 Å². The number of ether oxygens (including phenoxy) is 1. The molecule has 1 aromatic heterocycles. The first-order valence-electron chi connectivity index (χ1n) is 6.86. The molecular formula is C15H14F2N4O3. The molecule has 0 unspecified atom stereocenters. The number of hydrogen-bond acceptors (Lipinski definition) is 5. The highest BCUT2D eigenvalue weighted by atomic mass is 19.2. The molecule has 1 N–H and O–H groups in total. The molecule has 0 saturated heterocycles. The van der Waals surface area contributed by atoms with E-state index in [1.807, 2.05) is 0 Å². The third-order valence-electron chi connectivity index (χ3n) is 2.95. The molecule has 1 heterocycles. The average molecular weight is 336 g/mol. The first-order valence-corrected chi connectivity index (χ1v) is 6.86. The standard InChI is InChI=1S/C15H14F2N4O3/c1-24-14(22)3-2-6-21-9-11(19-20-21)8-18-15(23)10-4-5-12(16)13(17)7-10/h2-5,7,9H,6,8H2,1H3,(H,18,23)/b3-2-. The maximum Gasteiger partial charge on any atom is 0.330 e. The quantitative estimate of drug-likeness (QED) is 0.633. The molecule has 0 fully saturated rings. The molecule has 0 atom stereocenters. The van der Waals surface area contributed by atoms with Crippen molar-refractivity contribution in [2.24, 2.45) is 0 Å². The van der Waals surface area contributed by atoms with Crippen molar-refractivity contribution in [1.29, 1.82) is 0 Å². The predicted octanol–water partition coefficient (Wildman–Crippen LogP) is 1.22. The van der Waals surface area contributed by atoms with Crippen LogP contribution in [-0.4, -0.2) is 34.0 Å². The van der Waals surface area contributed by atoms with Gasteiger partial charge in [-0.15, -0.1) is 5.10 Å². The number of allylic oxidation sites excluding steroid dienone is 1. The van der Waals surface area contributed by atoms with E-state index in [1.165, 1.54) is 23.9 Å². The minimum atomic E-state index is -1.09. The van der Waals surface area contributed by atoms with E-state index in [1.54, 1.807) is 12.3 Å². The van der Waals surface area contributed by atoms with Crippen molar-refractivity contribution >= 4 is 11.9 Å². The number of nitrogens with one attached hydrogen (secondary N) is 1. The summed E-state index contributed by atoms with van der Waals surface area (Å²) in [7, 11) is 1.27. The zero-order chi connectivity index (χ0) is 17.5. The highest BCUT2D eigenvalue weighted by Gasteiger charge is 2.10. The highest BCUT2D eigenvalue weighted by molar-refractivity contribution is 5.94. The van der Waals surface area contributed by atoms with Crippen LogP contribution in [0.4, 0.5) is 8.78 Å². The Morgan fingerprint density at radius 2 is 2.12 bits per heavy atom. The topological polar surface area (TPSA) is 86.1 Å². The van der Waals surface area contributed by atoms with Gasteiger partial charge < -0.3 is 10.1 Å². The van der Waals surface area contributed by atoms with E-state index in [2.05, 4.69) is 20.4 Å². The zero-order valence-electron chi connectivity index (χ0n) is 12.7. The van der Waals surface area contributed by atoms with Crippen LogP contribution in [0.25, 0.3) is 0 Å². The first kappa shape index (κ1) is 17.3. The van der Waals surface area contributed by atoms with Gasteiger partial charge in [0.05, 0.1) is 26.4 Å². The summed E-state index contributed by atoms with van der Waals surface area (Å²) in [5, 5.41) is 10.2. The lowest BCUT2D eigenvalue weighted by atomic mass is 10.2. The lowest BCUT2D eigenvalue weighted by Gasteiger charge is -2.03. The number of rotatable bonds is 6. The molecule has 0 aliphatic carbocycles. The molecule has 2 aromatic rings. The molecule has 0 radical (unpaired) electrons. The SMILES string of the molecule is COC(=O)/C=C\Cn1cc(CNC(=O)c2ccc(F)c(F)c2)nn1. The van der Waals surface area contributed by atoms with Gasteiger partial charge in [0.1, 0.15) is 5.69 Å². The van der Waals surface area contributed by atoms with Gasteiger partial charge in [-0.3, -0.25) is 4.79 Å². The summed E-state index contributed by atoms with van der Waals surface area (Å²) in [6.07, 6.45) is 4.38. The number of nitrogens with zero attached hydrogens (tertiary/aromatic N) is 3. The number of carbonyl (C=O) groups is 2. The molecule has 126 valence electrons. The molecule has 9 heteroatoms. The van der Waals surface area contributed by atoms with Gasteiger partial charge in [0.25, 0.3) is 5.91 Å². The van der Waals surface area contributed by atoms with E-state index in [0.29, 0.717) is 12.2 Å². The fourth-order valence-electron chi connectivity index (χ4n) is 1.74. The van der Waals surface area contributed by atoms with Crippen LogP contribution in [0.2, 0.25) is 0 Å². The van der Waals surface area contributed by atoms with Gasteiger partial charge in [0, 0.05) is 11.6 Å². The molecule has 0 aliphatic heterocycles. The van der Waals surface area contributed by atoms with E-state index < -0.39 is 23.5 Å². The van der Waals surface area contributed by atoms with Crippen molar-refractivity contribution < 1.29 is 23.1 Å². The lowest BCUT2D eigenvalue weighted by molar-refractivity contribution is -0.134. The molecule has 0 bridgehead atoms. The minimum absolute atomic E-state index is 0.00213. The summed E-state index contributed by atoms with van der Waals surface area (Å²) in [6.45, 7) is 0.373. The maximum atomic E-state index is 13.1. The van der Waals surface area contributed by atoms with Crippen LogP contribution >= 0.6 is 0 Å². The lowest BCUT2D eigenvalue weighted by Crippen LogP contribution is -2.23. The van der Waals surface area contributed by atoms with E-state index in [9.17, 15) is 18.4 Å². The van der Waals surface area contributed by atoms with Crippen LogP contribution in [0.5, 0.6) is 0 Å². The van der Waals surface area contributed by atoms with E-state index in [4.69, 9.17) is 0 Å². The van der Waals surface area contributed by atoms with E-state index >= 15 is 0 Å². The monoisotopic (exact) mass is 336 g/mol. The number of amides is 1. The molecule has 24 heavy (non-hydrogen) atoms. The second-order valence-corrected chi connectivity index (χ2v) is 4.67. The van der Waals surface area contributed by atoms with Crippen LogP contribution in [0.15, 0.2) is 36.5 Å². The third-order valence-corrected chi connectivity index (χ3v) is 2.95. The number of esters is 1. The van der Waals surface area contributed by atoms with Gasteiger partial charge in [-0.25, -0.2) is 18.3 Å². The van der Waals surface area contributed by atoms with Gasteiger partial charge in [-0.2, -0.15) is 0 Å². The van der Waals surface area contributed by atoms with Crippen LogP contribution in [0.1, 0.15) is 16.1 Å². The fourth-order valence-corrected chi connectivity index (χ4v) is 1.74. The Kier molecular flexibility index (Phi) is 5.72. The van der Waals surface area contributed by atoms with Crippen molar-refractivity contribution in [3.05, 3.63) is 59.4 Å². The number of methoxy groups -OCH3 is 1. The number of hydrogen-bond donors (Lipinski definition) is 1. The van der Waals surface area contributed by atoms with Crippen LogP contribution < -0.4 is 5.32 Å². The fraction of sp³-hybridized carbons (Fsp3) is 0.200. The van der Waals surface area contributed by atoms with Gasteiger partial charge in [0.15, 0.2) is 11.6 Å².